The van der Waals surface area contributed by atoms with E-state index in [4.69, 9.17) is 4.74 Å². The van der Waals surface area contributed by atoms with Crippen molar-refractivity contribution >= 4 is 17.6 Å². The minimum absolute atomic E-state index is 0.483. The van der Waals surface area contributed by atoms with Crippen molar-refractivity contribution in [2.24, 2.45) is 4.99 Å². The number of thiophene rings is 1. The second-order valence-electron chi connectivity index (χ2n) is 2.82. The monoisotopic (exact) mass is 234 g/mol. The molecule has 3 rings (SSSR count). The highest BCUT2D eigenvalue weighted by atomic mass is 32.1. The highest BCUT2D eigenvalue weighted by Gasteiger charge is 1.97. The molecule has 0 radical (unpaired) electrons. The van der Waals surface area contributed by atoms with Crippen molar-refractivity contribution in [2.75, 3.05) is 6.73 Å². The van der Waals surface area contributed by atoms with Gasteiger partial charge in [-0.2, -0.15) is 26.7 Å². The van der Waals surface area contributed by atoms with Crippen molar-refractivity contribution in [2.45, 2.75) is 0 Å². The molecule has 1 N–H and O–H groups in total. The Bertz CT molecular complexity index is 403. The number of allylic oxidation sites excluding steroid dienone is 1. The van der Waals surface area contributed by atoms with Crippen molar-refractivity contribution in [3.05, 3.63) is 35.4 Å². The molecule has 82 valence electrons. The molecule has 0 atom stereocenters. The van der Waals surface area contributed by atoms with Crippen molar-refractivity contribution < 1.29 is 4.74 Å². The van der Waals surface area contributed by atoms with E-state index in [-0.39, 0.29) is 0 Å². The summed E-state index contributed by atoms with van der Waals surface area (Å²) in [5.41, 5.74) is 2.03. The third-order valence-corrected chi connectivity index (χ3v) is 2.43. The molecule has 0 aliphatic carbocycles. The van der Waals surface area contributed by atoms with Crippen LogP contribution in [0.2, 0.25) is 0 Å². The molecular formula is C10H10N4OS. The predicted octanol–water partition coefficient (Wildman–Crippen LogP) is 2.09. The summed E-state index contributed by atoms with van der Waals surface area (Å²) in [7, 11) is 0. The highest BCUT2D eigenvalue weighted by molar-refractivity contribution is 7.08. The molecule has 0 saturated heterocycles. The van der Waals surface area contributed by atoms with Gasteiger partial charge in [0.2, 0.25) is 0 Å². The van der Waals surface area contributed by atoms with Gasteiger partial charge in [0.1, 0.15) is 5.69 Å². The second-order valence-corrected chi connectivity index (χ2v) is 3.60. The number of nitrogens with zero attached hydrogens (tertiary/aromatic N) is 3. The molecule has 0 spiro atoms. The minimum Gasteiger partial charge on any atom is -0.479 e. The van der Waals surface area contributed by atoms with Crippen LogP contribution in [-0.4, -0.2) is 28.4 Å². The number of ether oxygens (including phenoxy) is 1. The molecule has 0 bridgehead atoms. The van der Waals surface area contributed by atoms with Gasteiger partial charge in [0.05, 0.1) is 12.5 Å². The topological polar surface area (TPSA) is 63.2 Å². The molecule has 1 aliphatic rings. The van der Waals surface area contributed by atoms with E-state index in [0.29, 0.717) is 6.73 Å². The van der Waals surface area contributed by atoms with Gasteiger partial charge in [-0.15, -0.1) is 0 Å². The molecule has 6 heteroatoms. The molecule has 2 aromatic rings. The summed E-state index contributed by atoms with van der Waals surface area (Å²) in [4.78, 5) is 3.74. The summed E-state index contributed by atoms with van der Waals surface area (Å²) < 4.78 is 4.69. The van der Waals surface area contributed by atoms with Gasteiger partial charge in [-0.05, 0) is 17.5 Å². The molecule has 2 aromatic heterocycles. The average molecular weight is 234 g/mol. The first-order valence-electron chi connectivity index (χ1n) is 4.62. The van der Waals surface area contributed by atoms with Crippen LogP contribution in [-0.2, 0) is 4.74 Å². The fourth-order valence-corrected chi connectivity index (χ4v) is 1.68. The molecule has 0 unspecified atom stereocenters. The van der Waals surface area contributed by atoms with E-state index in [1.54, 1.807) is 36.1 Å². The van der Waals surface area contributed by atoms with Gasteiger partial charge < -0.3 is 4.74 Å². The third-order valence-electron chi connectivity index (χ3n) is 1.75. The number of nitrogens with one attached hydrogen (secondary N) is 1. The Morgan fingerprint density at radius 1 is 1.44 bits per heavy atom. The SMILES string of the molecule is C1=COCN=C1.c1cc(-c2cn[nH]n2)cs1. The van der Waals surface area contributed by atoms with E-state index in [2.05, 4.69) is 20.4 Å². The van der Waals surface area contributed by atoms with Crippen LogP contribution >= 0.6 is 11.3 Å². The van der Waals surface area contributed by atoms with Crippen molar-refractivity contribution in [1.29, 1.82) is 0 Å². The summed E-state index contributed by atoms with van der Waals surface area (Å²) in [6.45, 7) is 0.483. The van der Waals surface area contributed by atoms with Crippen molar-refractivity contribution in [1.82, 2.24) is 15.4 Å². The van der Waals surface area contributed by atoms with E-state index in [9.17, 15) is 0 Å². The quantitative estimate of drug-likeness (QED) is 0.821. The maximum atomic E-state index is 4.69. The Kier molecular flexibility index (Phi) is 3.84. The van der Waals surface area contributed by atoms with Crippen LogP contribution in [0.5, 0.6) is 0 Å². The van der Waals surface area contributed by atoms with E-state index in [1.165, 1.54) is 0 Å². The molecule has 0 saturated carbocycles. The number of aromatic amines is 1. The number of H-pyrrole nitrogens is 1. The number of hydrogen-bond donors (Lipinski definition) is 1. The lowest BCUT2D eigenvalue weighted by molar-refractivity contribution is 0.259. The molecule has 3 heterocycles. The minimum atomic E-state index is 0.483. The lowest BCUT2D eigenvalue weighted by Crippen LogP contribution is -1.86. The van der Waals surface area contributed by atoms with Crippen LogP contribution in [0.3, 0.4) is 0 Å². The third kappa shape index (κ3) is 3.03. The molecule has 16 heavy (non-hydrogen) atoms. The van der Waals surface area contributed by atoms with Crippen LogP contribution in [0.15, 0.2) is 40.4 Å². The van der Waals surface area contributed by atoms with E-state index in [1.807, 2.05) is 16.8 Å². The van der Waals surface area contributed by atoms with Gasteiger partial charge in [-0.3, -0.25) is 4.99 Å². The molecule has 5 nitrogen and oxygen atoms in total. The second kappa shape index (κ2) is 5.82. The zero-order valence-corrected chi connectivity index (χ0v) is 9.22. The Balaban J connectivity index is 0.000000138. The fraction of sp³-hybridized carbons (Fsp3) is 0.100. The number of aliphatic imine (C=N–C) groups is 1. The van der Waals surface area contributed by atoms with Crippen LogP contribution < -0.4 is 0 Å². The zero-order chi connectivity index (χ0) is 11.1. The standard InChI is InChI=1S/C6H5N3S.C4H5NO/c1-2-10-4-5(1)6-3-7-9-8-6;1-2-5-4-6-3-1/h1-4H,(H,7,8,9);1-3H,4H2. The first kappa shape index (κ1) is 10.6. The van der Waals surface area contributed by atoms with Gasteiger partial charge >= 0.3 is 0 Å². The first-order valence-corrected chi connectivity index (χ1v) is 5.56. The first-order chi connectivity index (χ1) is 7.97. The highest BCUT2D eigenvalue weighted by Crippen LogP contribution is 2.17. The summed E-state index contributed by atoms with van der Waals surface area (Å²) >= 11 is 1.66. The molecule has 0 fully saturated rings. The number of hydrogen-bond acceptors (Lipinski definition) is 5. The zero-order valence-electron chi connectivity index (χ0n) is 8.41. The maximum absolute atomic E-state index is 4.69. The van der Waals surface area contributed by atoms with Crippen LogP contribution in [0, 0.1) is 0 Å². The van der Waals surface area contributed by atoms with Crippen LogP contribution in [0.1, 0.15) is 0 Å². The summed E-state index contributed by atoms with van der Waals surface area (Å²) in [6, 6.07) is 2.02. The Hall–Kier alpha value is -1.95. The molecule has 1 aliphatic heterocycles. The smallest absolute Gasteiger partial charge is 0.178 e. The Morgan fingerprint density at radius 2 is 2.44 bits per heavy atom. The van der Waals surface area contributed by atoms with E-state index < -0.39 is 0 Å². The number of rotatable bonds is 1. The fourth-order valence-electron chi connectivity index (χ4n) is 1.03. The largest absolute Gasteiger partial charge is 0.479 e. The van der Waals surface area contributed by atoms with Gasteiger partial charge in [-0.1, -0.05) is 0 Å². The van der Waals surface area contributed by atoms with Gasteiger partial charge in [0, 0.05) is 17.2 Å². The van der Waals surface area contributed by atoms with E-state index in [0.717, 1.165) is 11.3 Å². The Labute approximate surface area is 96.5 Å². The van der Waals surface area contributed by atoms with Crippen LogP contribution in [0.4, 0.5) is 0 Å². The molecular weight excluding hydrogens is 224 g/mol. The maximum Gasteiger partial charge on any atom is 0.178 e. The summed E-state index contributed by atoms with van der Waals surface area (Å²) in [5.74, 6) is 0. The van der Waals surface area contributed by atoms with Crippen LogP contribution in [0.25, 0.3) is 11.3 Å². The predicted molar refractivity (Wildman–Crippen MR) is 63.3 cm³/mol. The lowest BCUT2D eigenvalue weighted by atomic mass is 10.3. The van der Waals surface area contributed by atoms with Gasteiger partial charge in [0.15, 0.2) is 6.73 Å². The van der Waals surface area contributed by atoms with Crippen molar-refractivity contribution in [3.8, 4) is 11.3 Å². The molecule has 0 aromatic carbocycles. The lowest BCUT2D eigenvalue weighted by Gasteiger charge is -1.94. The average Bonchev–Trinajstić information content (AvgIpc) is 3.05. The number of aromatic nitrogens is 3. The van der Waals surface area contributed by atoms with Gasteiger partial charge in [0.25, 0.3) is 0 Å². The molecule has 0 amide bonds. The normalized spacial score (nSPS) is 12.8. The summed E-state index contributed by atoms with van der Waals surface area (Å²) in [5, 5.41) is 14.3. The van der Waals surface area contributed by atoms with E-state index >= 15 is 0 Å². The van der Waals surface area contributed by atoms with Gasteiger partial charge in [-0.25, -0.2) is 0 Å². The Morgan fingerprint density at radius 3 is 2.88 bits per heavy atom. The van der Waals surface area contributed by atoms with Crippen molar-refractivity contribution in [3.63, 3.8) is 0 Å². The summed E-state index contributed by atoms with van der Waals surface area (Å²) in [6.07, 6.45) is 6.79.